The summed E-state index contributed by atoms with van der Waals surface area (Å²) in [5.74, 6) is 0. The van der Waals surface area contributed by atoms with Gasteiger partial charge in [0, 0.05) is 10.5 Å². The van der Waals surface area contributed by atoms with Gasteiger partial charge in [0.05, 0.1) is 13.4 Å². The second kappa shape index (κ2) is 4.80. The Morgan fingerprint density at radius 1 is 1.13 bits per heavy atom. The van der Waals surface area contributed by atoms with Gasteiger partial charge >= 0.3 is 0 Å². The fourth-order valence-corrected chi connectivity index (χ4v) is 2.19. The fourth-order valence-electron chi connectivity index (χ4n) is 1.44. The number of thiophene rings is 1. The summed E-state index contributed by atoms with van der Waals surface area (Å²) in [6, 6.07) is 14.4. The van der Waals surface area contributed by atoms with Gasteiger partial charge in [0.25, 0.3) is 0 Å². The van der Waals surface area contributed by atoms with Gasteiger partial charge in [-0.3, -0.25) is 0 Å². The highest BCUT2D eigenvalue weighted by Gasteiger charge is 2.05. The zero-order valence-electron chi connectivity index (χ0n) is 8.51. The van der Waals surface area contributed by atoms with E-state index in [4.69, 9.17) is 4.74 Å². The van der Waals surface area contributed by atoms with Crippen LogP contribution in [0.3, 0.4) is 0 Å². The van der Waals surface area contributed by atoms with Gasteiger partial charge in [-0.05, 0) is 17.0 Å². The number of hydrogen-bond donors (Lipinski definition) is 0. The van der Waals surface area contributed by atoms with E-state index >= 15 is 0 Å². The van der Waals surface area contributed by atoms with E-state index in [1.165, 1.54) is 10.4 Å². The van der Waals surface area contributed by atoms with E-state index in [9.17, 15) is 0 Å². The number of methoxy groups -OCH3 is 1. The average molecular weight is 216 g/mol. The maximum Gasteiger partial charge on any atom is 0.0917 e. The minimum absolute atomic E-state index is 1.13. The van der Waals surface area contributed by atoms with E-state index in [1.54, 1.807) is 24.7 Å². The molecule has 0 unspecified atom stereocenters. The monoisotopic (exact) mass is 216 g/mol. The van der Waals surface area contributed by atoms with Crippen molar-refractivity contribution in [2.24, 2.45) is 0 Å². The molecular weight excluding hydrogens is 204 g/mol. The SMILES string of the molecule is COC=C(c1ccccc1)c1cccs1. The molecule has 15 heavy (non-hydrogen) atoms. The number of hydrogen-bond acceptors (Lipinski definition) is 2. The van der Waals surface area contributed by atoms with Crippen LogP contribution >= 0.6 is 11.3 Å². The molecule has 1 nitrogen and oxygen atoms in total. The lowest BCUT2D eigenvalue weighted by Gasteiger charge is -2.04. The highest BCUT2D eigenvalue weighted by atomic mass is 32.1. The molecule has 2 rings (SSSR count). The molecule has 0 amide bonds. The van der Waals surface area contributed by atoms with Crippen LogP contribution in [0.5, 0.6) is 0 Å². The van der Waals surface area contributed by atoms with Crippen LogP contribution in [0.2, 0.25) is 0 Å². The number of benzene rings is 1. The second-order valence-electron chi connectivity index (χ2n) is 3.11. The highest BCUT2D eigenvalue weighted by molar-refractivity contribution is 7.11. The third-order valence-electron chi connectivity index (χ3n) is 2.11. The van der Waals surface area contributed by atoms with Crippen LogP contribution in [-0.4, -0.2) is 7.11 Å². The molecule has 0 bridgehead atoms. The molecule has 2 aromatic rings. The van der Waals surface area contributed by atoms with Crippen molar-refractivity contribution in [1.29, 1.82) is 0 Å². The molecular formula is C13H12OS. The molecule has 0 atom stereocenters. The second-order valence-corrected chi connectivity index (χ2v) is 4.06. The highest BCUT2D eigenvalue weighted by Crippen LogP contribution is 2.26. The minimum Gasteiger partial charge on any atom is -0.504 e. The van der Waals surface area contributed by atoms with Crippen molar-refractivity contribution in [3.05, 3.63) is 64.5 Å². The Kier molecular flexibility index (Phi) is 3.20. The quantitative estimate of drug-likeness (QED) is 0.709. The number of rotatable bonds is 3. The lowest BCUT2D eigenvalue weighted by molar-refractivity contribution is 0.340. The Balaban J connectivity index is 2.42. The predicted molar refractivity (Wildman–Crippen MR) is 64.8 cm³/mol. The lowest BCUT2D eigenvalue weighted by Crippen LogP contribution is -1.85. The van der Waals surface area contributed by atoms with Crippen molar-refractivity contribution in [2.45, 2.75) is 0 Å². The molecule has 0 N–H and O–H groups in total. The molecule has 1 aromatic carbocycles. The van der Waals surface area contributed by atoms with Crippen LogP contribution in [-0.2, 0) is 4.74 Å². The molecule has 0 saturated carbocycles. The normalized spacial score (nSPS) is 11.4. The Bertz CT molecular complexity index is 429. The predicted octanol–water partition coefficient (Wildman–Crippen LogP) is 3.78. The van der Waals surface area contributed by atoms with Gasteiger partial charge in [-0.15, -0.1) is 11.3 Å². The first-order valence-corrected chi connectivity index (χ1v) is 5.62. The van der Waals surface area contributed by atoms with E-state index in [-0.39, 0.29) is 0 Å². The zero-order valence-corrected chi connectivity index (χ0v) is 9.33. The maximum atomic E-state index is 5.13. The Hall–Kier alpha value is -1.54. The molecule has 1 aromatic heterocycles. The summed E-state index contributed by atoms with van der Waals surface area (Å²) in [4.78, 5) is 1.23. The molecule has 76 valence electrons. The molecule has 0 radical (unpaired) electrons. The minimum atomic E-state index is 1.13. The average Bonchev–Trinajstić information content (AvgIpc) is 2.80. The Labute approximate surface area is 93.6 Å². The van der Waals surface area contributed by atoms with Crippen molar-refractivity contribution in [1.82, 2.24) is 0 Å². The van der Waals surface area contributed by atoms with Crippen LogP contribution in [0.4, 0.5) is 0 Å². The molecule has 1 heterocycles. The fraction of sp³-hybridized carbons (Fsp3) is 0.0769. The van der Waals surface area contributed by atoms with Gasteiger partial charge in [-0.25, -0.2) is 0 Å². The smallest absolute Gasteiger partial charge is 0.0917 e. The molecule has 0 spiro atoms. The van der Waals surface area contributed by atoms with Crippen LogP contribution < -0.4 is 0 Å². The van der Waals surface area contributed by atoms with E-state index < -0.39 is 0 Å². The molecule has 0 saturated heterocycles. The summed E-state index contributed by atoms with van der Waals surface area (Å²) >= 11 is 1.72. The van der Waals surface area contributed by atoms with Gasteiger partial charge in [0.2, 0.25) is 0 Å². The molecule has 0 aliphatic carbocycles. The summed E-state index contributed by atoms with van der Waals surface area (Å²) in [6.45, 7) is 0. The maximum absolute atomic E-state index is 5.13. The van der Waals surface area contributed by atoms with E-state index in [0.717, 1.165) is 5.57 Å². The standard InChI is InChI=1S/C13H12OS/c1-14-10-12(13-8-5-9-15-13)11-6-3-2-4-7-11/h2-10H,1H3. The van der Waals surface area contributed by atoms with Crippen LogP contribution in [0, 0.1) is 0 Å². The van der Waals surface area contributed by atoms with Crippen molar-refractivity contribution in [3.63, 3.8) is 0 Å². The van der Waals surface area contributed by atoms with Crippen LogP contribution in [0.1, 0.15) is 10.4 Å². The number of ether oxygens (including phenoxy) is 1. The topological polar surface area (TPSA) is 9.23 Å². The molecule has 0 fully saturated rings. The zero-order chi connectivity index (χ0) is 10.5. The first-order valence-electron chi connectivity index (χ1n) is 4.74. The molecule has 2 heteroatoms. The van der Waals surface area contributed by atoms with Crippen LogP contribution in [0.15, 0.2) is 54.1 Å². The van der Waals surface area contributed by atoms with E-state index in [0.29, 0.717) is 0 Å². The van der Waals surface area contributed by atoms with Gasteiger partial charge in [0.1, 0.15) is 0 Å². The summed E-state index contributed by atoms with van der Waals surface area (Å²) in [5.41, 5.74) is 2.31. The van der Waals surface area contributed by atoms with Crippen molar-refractivity contribution < 1.29 is 4.74 Å². The molecule has 0 aliphatic rings. The summed E-state index contributed by atoms with van der Waals surface area (Å²) < 4.78 is 5.13. The lowest BCUT2D eigenvalue weighted by atomic mass is 10.1. The third-order valence-corrected chi connectivity index (χ3v) is 3.01. The summed E-state index contributed by atoms with van der Waals surface area (Å²) in [7, 11) is 1.68. The van der Waals surface area contributed by atoms with Crippen molar-refractivity contribution >= 4 is 16.9 Å². The van der Waals surface area contributed by atoms with Crippen LogP contribution in [0.25, 0.3) is 5.57 Å². The largest absolute Gasteiger partial charge is 0.504 e. The molecule has 0 aliphatic heterocycles. The van der Waals surface area contributed by atoms with Gasteiger partial charge in [0.15, 0.2) is 0 Å². The van der Waals surface area contributed by atoms with Gasteiger partial charge in [-0.2, -0.15) is 0 Å². The van der Waals surface area contributed by atoms with E-state index in [2.05, 4.69) is 23.6 Å². The summed E-state index contributed by atoms with van der Waals surface area (Å²) in [5, 5.41) is 2.07. The van der Waals surface area contributed by atoms with Gasteiger partial charge in [-0.1, -0.05) is 36.4 Å². The first-order chi connectivity index (χ1) is 7.42. The Morgan fingerprint density at radius 2 is 1.93 bits per heavy atom. The Morgan fingerprint density at radius 3 is 2.53 bits per heavy atom. The van der Waals surface area contributed by atoms with Crippen molar-refractivity contribution in [2.75, 3.05) is 7.11 Å². The summed E-state index contributed by atoms with van der Waals surface area (Å²) in [6.07, 6.45) is 1.79. The van der Waals surface area contributed by atoms with Gasteiger partial charge < -0.3 is 4.74 Å². The first kappa shape index (κ1) is 9.99. The van der Waals surface area contributed by atoms with Crippen molar-refractivity contribution in [3.8, 4) is 0 Å². The van der Waals surface area contributed by atoms with E-state index in [1.807, 2.05) is 24.3 Å². The third kappa shape index (κ3) is 2.28.